The van der Waals surface area contributed by atoms with E-state index >= 15 is 0 Å². The van der Waals surface area contributed by atoms with Crippen molar-refractivity contribution in [3.8, 4) is 0 Å². The lowest BCUT2D eigenvalue weighted by Crippen LogP contribution is -2.00. The summed E-state index contributed by atoms with van der Waals surface area (Å²) in [6.07, 6.45) is 7.33. The molecular formula is C11H20O2. The SMILES string of the molecule is C=CCOC(=O)CC.CC=CCC. The van der Waals surface area contributed by atoms with Gasteiger partial charge in [-0.05, 0) is 13.3 Å². The van der Waals surface area contributed by atoms with Crippen LogP contribution in [0.4, 0.5) is 0 Å². The zero-order valence-corrected chi connectivity index (χ0v) is 8.88. The van der Waals surface area contributed by atoms with Crippen molar-refractivity contribution in [2.24, 2.45) is 0 Å². The topological polar surface area (TPSA) is 26.3 Å². The summed E-state index contributed by atoms with van der Waals surface area (Å²) in [7, 11) is 0. The first kappa shape index (κ1) is 14.5. The molecule has 0 heterocycles. The van der Waals surface area contributed by atoms with Crippen LogP contribution in [0, 0.1) is 0 Å². The maximum atomic E-state index is 10.3. The van der Waals surface area contributed by atoms with Gasteiger partial charge in [-0.25, -0.2) is 0 Å². The first-order valence-corrected chi connectivity index (χ1v) is 4.60. The van der Waals surface area contributed by atoms with Crippen molar-refractivity contribution in [3.63, 3.8) is 0 Å². The quantitative estimate of drug-likeness (QED) is 0.495. The number of esters is 1. The van der Waals surface area contributed by atoms with Gasteiger partial charge in [-0.1, -0.05) is 38.7 Å². The van der Waals surface area contributed by atoms with Gasteiger partial charge >= 0.3 is 5.97 Å². The molecule has 2 heteroatoms. The molecule has 0 aromatic rings. The first-order chi connectivity index (χ1) is 6.22. The van der Waals surface area contributed by atoms with E-state index in [1.54, 1.807) is 13.0 Å². The monoisotopic (exact) mass is 184 g/mol. The standard InChI is InChI=1S/C6H10O2.C5H10/c1-3-5-8-6(7)4-2;1-3-5-4-2/h3H,1,4-5H2,2H3;3,5H,4H2,1-2H3. The van der Waals surface area contributed by atoms with E-state index in [-0.39, 0.29) is 5.97 Å². The second kappa shape index (κ2) is 13.5. The lowest BCUT2D eigenvalue weighted by molar-refractivity contribution is -0.141. The molecule has 0 bridgehead atoms. The Kier molecular flexibility index (Phi) is 15.1. The molecule has 0 unspecified atom stereocenters. The summed E-state index contributed by atoms with van der Waals surface area (Å²) in [4.78, 5) is 10.3. The molecule has 0 spiro atoms. The normalized spacial score (nSPS) is 8.85. The van der Waals surface area contributed by atoms with Gasteiger partial charge in [0, 0.05) is 6.42 Å². The second-order valence-corrected chi connectivity index (χ2v) is 2.30. The third kappa shape index (κ3) is 18.2. The van der Waals surface area contributed by atoms with Gasteiger partial charge in [0.05, 0.1) is 0 Å². The van der Waals surface area contributed by atoms with Gasteiger partial charge in [0.1, 0.15) is 6.61 Å². The number of hydrogen-bond acceptors (Lipinski definition) is 2. The van der Waals surface area contributed by atoms with Crippen LogP contribution in [0.3, 0.4) is 0 Å². The zero-order valence-electron chi connectivity index (χ0n) is 8.88. The van der Waals surface area contributed by atoms with E-state index in [9.17, 15) is 4.79 Å². The van der Waals surface area contributed by atoms with Crippen LogP contribution in [0.5, 0.6) is 0 Å². The number of allylic oxidation sites excluding steroid dienone is 2. The second-order valence-electron chi connectivity index (χ2n) is 2.30. The lowest BCUT2D eigenvalue weighted by Gasteiger charge is -1.94. The predicted octanol–water partition coefficient (Wildman–Crippen LogP) is 3.10. The smallest absolute Gasteiger partial charge is 0.305 e. The van der Waals surface area contributed by atoms with Gasteiger partial charge in [0.25, 0.3) is 0 Å². The van der Waals surface area contributed by atoms with E-state index in [2.05, 4.69) is 30.4 Å². The lowest BCUT2D eigenvalue weighted by atomic mass is 10.4. The third-order valence-corrected chi connectivity index (χ3v) is 1.12. The van der Waals surface area contributed by atoms with Crippen molar-refractivity contribution in [1.82, 2.24) is 0 Å². The van der Waals surface area contributed by atoms with Crippen molar-refractivity contribution >= 4 is 5.97 Å². The van der Waals surface area contributed by atoms with E-state index in [0.717, 1.165) is 6.42 Å². The van der Waals surface area contributed by atoms with Crippen LogP contribution >= 0.6 is 0 Å². The van der Waals surface area contributed by atoms with Gasteiger partial charge in [0.15, 0.2) is 0 Å². The molecule has 0 rings (SSSR count). The molecular weight excluding hydrogens is 164 g/mol. The Labute approximate surface area is 81.3 Å². The Bertz CT molecular complexity index is 148. The minimum Gasteiger partial charge on any atom is -0.461 e. The summed E-state index contributed by atoms with van der Waals surface area (Å²) in [5.41, 5.74) is 0. The van der Waals surface area contributed by atoms with Gasteiger partial charge in [-0.15, -0.1) is 0 Å². The van der Waals surface area contributed by atoms with Crippen LogP contribution in [-0.4, -0.2) is 12.6 Å². The molecule has 0 aromatic heterocycles. The van der Waals surface area contributed by atoms with Crippen LogP contribution in [0.1, 0.15) is 33.6 Å². The molecule has 0 aliphatic carbocycles. The minimum atomic E-state index is -0.176. The number of carbonyl (C=O) groups is 1. The van der Waals surface area contributed by atoms with Crippen LogP contribution < -0.4 is 0 Å². The molecule has 0 aliphatic rings. The molecule has 0 aliphatic heterocycles. The van der Waals surface area contributed by atoms with Gasteiger partial charge in [-0.2, -0.15) is 0 Å². The molecule has 0 fully saturated rings. The van der Waals surface area contributed by atoms with Crippen LogP contribution in [-0.2, 0) is 9.53 Å². The maximum Gasteiger partial charge on any atom is 0.305 e. The highest BCUT2D eigenvalue weighted by Gasteiger charge is 1.92. The van der Waals surface area contributed by atoms with Crippen LogP contribution in [0.2, 0.25) is 0 Å². The van der Waals surface area contributed by atoms with Crippen LogP contribution in [0.15, 0.2) is 24.8 Å². The van der Waals surface area contributed by atoms with Crippen molar-refractivity contribution in [2.75, 3.05) is 6.61 Å². The highest BCUT2D eigenvalue weighted by atomic mass is 16.5. The van der Waals surface area contributed by atoms with E-state index in [1.165, 1.54) is 0 Å². The number of hydrogen-bond donors (Lipinski definition) is 0. The molecule has 0 aromatic carbocycles. The largest absolute Gasteiger partial charge is 0.461 e. The Morgan fingerprint density at radius 1 is 1.46 bits per heavy atom. The molecule has 13 heavy (non-hydrogen) atoms. The number of ether oxygens (including phenoxy) is 1. The van der Waals surface area contributed by atoms with E-state index < -0.39 is 0 Å². The van der Waals surface area contributed by atoms with Gasteiger partial charge < -0.3 is 4.74 Å². The van der Waals surface area contributed by atoms with Gasteiger partial charge in [0.2, 0.25) is 0 Å². The van der Waals surface area contributed by atoms with Gasteiger partial charge in [-0.3, -0.25) is 4.79 Å². The Balaban J connectivity index is 0. The molecule has 0 saturated carbocycles. The van der Waals surface area contributed by atoms with E-state index in [0.29, 0.717) is 13.0 Å². The Morgan fingerprint density at radius 3 is 2.31 bits per heavy atom. The maximum absolute atomic E-state index is 10.3. The predicted molar refractivity (Wildman–Crippen MR) is 56.6 cm³/mol. The van der Waals surface area contributed by atoms with E-state index in [4.69, 9.17) is 0 Å². The van der Waals surface area contributed by atoms with Crippen molar-refractivity contribution in [3.05, 3.63) is 24.8 Å². The zero-order chi connectivity index (χ0) is 10.5. The fourth-order valence-corrected chi connectivity index (χ4v) is 0.490. The molecule has 0 atom stereocenters. The molecule has 0 saturated heterocycles. The molecule has 0 amide bonds. The van der Waals surface area contributed by atoms with Crippen LogP contribution in [0.25, 0.3) is 0 Å². The number of carbonyl (C=O) groups excluding carboxylic acids is 1. The highest BCUT2D eigenvalue weighted by Crippen LogP contribution is 1.82. The summed E-state index contributed by atoms with van der Waals surface area (Å²) < 4.78 is 4.58. The Morgan fingerprint density at radius 2 is 2.08 bits per heavy atom. The summed E-state index contributed by atoms with van der Waals surface area (Å²) >= 11 is 0. The molecule has 0 N–H and O–H groups in total. The van der Waals surface area contributed by atoms with Crippen molar-refractivity contribution in [2.45, 2.75) is 33.6 Å². The first-order valence-electron chi connectivity index (χ1n) is 4.60. The van der Waals surface area contributed by atoms with Crippen molar-refractivity contribution < 1.29 is 9.53 Å². The fraction of sp³-hybridized carbons (Fsp3) is 0.545. The number of rotatable bonds is 4. The summed E-state index contributed by atoms with van der Waals surface area (Å²) in [6.45, 7) is 9.63. The Hall–Kier alpha value is -1.05. The van der Waals surface area contributed by atoms with Crippen molar-refractivity contribution in [1.29, 1.82) is 0 Å². The third-order valence-electron chi connectivity index (χ3n) is 1.12. The van der Waals surface area contributed by atoms with E-state index in [1.807, 2.05) is 6.92 Å². The summed E-state index contributed by atoms with van der Waals surface area (Å²) in [5, 5.41) is 0. The summed E-state index contributed by atoms with van der Waals surface area (Å²) in [6, 6.07) is 0. The average molecular weight is 184 g/mol. The minimum absolute atomic E-state index is 0.176. The average Bonchev–Trinajstić information content (AvgIpc) is 2.16. The molecule has 2 nitrogen and oxygen atoms in total. The summed E-state index contributed by atoms with van der Waals surface area (Å²) in [5.74, 6) is -0.176. The molecule has 76 valence electrons. The molecule has 0 radical (unpaired) electrons. The fourth-order valence-electron chi connectivity index (χ4n) is 0.490. The highest BCUT2D eigenvalue weighted by molar-refractivity contribution is 5.68.